The SMILES string of the molecule is N[C@@]1(C(=O)O)C[C@@H]1CP(=O)(O)O. The van der Waals surface area contributed by atoms with Crippen LogP contribution in [-0.2, 0) is 9.36 Å². The summed E-state index contributed by atoms with van der Waals surface area (Å²) < 4.78 is 10.4. The van der Waals surface area contributed by atoms with E-state index in [4.69, 9.17) is 20.6 Å². The van der Waals surface area contributed by atoms with Gasteiger partial charge in [-0.05, 0) is 6.42 Å². The van der Waals surface area contributed by atoms with Gasteiger partial charge in [0.1, 0.15) is 5.54 Å². The Balaban J connectivity index is 2.54. The average Bonchev–Trinajstić information content (AvgIpc) is 2.38. The third kappa shape index (κ3) is 1.84. The Labute approximate surface area is 68.5 Å². The van der Waals surface area contributed by atoms with Crippen LogP contribution in [-0.4, -0.2) is 32.6 Å². The van der Waals surface area contributed by atoms with Crippen molar-refractivity contribution in [3.05, 3.63) is 0 Å². The summed E-state index contributed by atoms with van der Waals surface area (Å²) >= 11 is 0. The fourth-order valence-electron chi connectivity index (χ4n) is 1.13. The van der Waals surface area contributed by atoms with Gasteiger partial charge in [0.25, 0.3) is 0 Å². The smallest absolute Gasteiger partial charge is 0.325 e. The van der Waals surface area contributed by atoms with Crippen LogP contribution in [0.2, 0.25) is 0 Å². The van der Waals surface area contributed by atoms with Crippen molar-refractivity contribution in [3.63, 3.8) is 0 Å². The van der Waals surface area contributed by atoms with Gasteiger partial charge in [0, 0.05) is 5.92 Å². The average molecular weight is 195 g/mol. The van der Waals surface area contributed by atoms with E-state index < -0.39 is 31.2 Å². The van der Waals surface area contributed by atoms with Gasteiger partial charge in [0.2, 0.25) is 0 Å². The number of carbonyl (C=O) groups is 1. The predicted molar refractivity (Wildman–Crippen MR) is 39.6 cm³/mol. The van der Waals surface area contributed by atoms with Crippen molar-refractivity contribution in [2.24, 2.45) is 11.7 Å². The highest BCUT2D eigenvalue weighted by molar-refractivity contribution is 7.51. The maximum absolute atomic E-state index is 10.4. The van der Waals surface area contributed by atoms with E-state index in [1.165, 1.54) is 0 Å². The van der Waals surface area contributed by atoms with Crippen LogP contribution >= 0.6 is 7.60 Å². The molecule has 1 fully saturated rings. The molecule has 70 valence electrons. The van der Waals surface area contributed by atoms with Crippen LogP contribution in [0.4, 0.5) is 0 Å². The van der Waals surface area contributed by atoms with Crippen molar-refractivity contribution >= 4 is 13.6 Å². The first-order valence-electron chi connectivity index (χ1n) is 3.32. The molecular weight excluding hydrogens is 185 g/mol. The molecule has 0 heterocycles. The molecule has 0 unspecified atom stereocenters. The van der Waals surface area contributed by atoms with Gasteiger partial charge < -0.3 is 20.6 Å². The number of aliphatic carboxylic acids is 1. The van der Waals surface area contributed by atoms with Crippen LogP contribution in [0.25, 0.3) is 0 Å². The molecule has 0 radical (unpaired) electrons. The summed E-state index contributed by atoms with van der Waals surface area (Å²) in [4.78, 5) is 27.4. The Morgan fingerprint density at radius 2 is 2.17 bits per heavy atom. The topological polar surface area (TPSA) is 121 Å². The summed E-state index contributed by atoms with van der Waals surface area (Å²) in [6, 6.07) is 0. The zero-order valence-corrected chi connectivity index (χ0v) is 7.07. The molecule has 1 aliphatic rings. The molecule has 1 aliphatic carbocycles. The lowest BCUT2D eigenvalue weighted by molar-refractivity contribution is -0.139. The van der Waals surface area contributed by atoms with E-state index in [-0.39, 0.29) is 6.42 Å². The quantitative estimate of drug-likeness (QED) is 0.427. The number of nitrogens with two attached hydrogens (primary N) is 1. The van der Waals surface area contributed by atoms with Crippen LogP contribution in [0.1, 0.15) is 6.42 Å². The number of hydrogen-bond donors (Lipinski definition) is 4. The molecule has 0 spiro atoms. The summed E-state index contributed by atoms with van der Waals surface area (Å²) in [5.74, 6) is -1.78. The summed E-state index contributed by atoms with van der Waals surface area (Å²) in [6.45, 7) is 0. The molecular formula is C5H10NO5P. The molecule has 5 N–H and O–H groups in total. The molecule has 1 rings (SSSR count). The van der Waals surface area contributed by atoms with Crippen molar-refractivity contribution < 1.29 is 24.3 Å². The minimum atomic E-state index is -4.12. The largest absolute Gasteiger partial charge is 0.480 e. The number of carboxylic acids is 1. The monoisotopic (exact) mass is 195 g/mol. The highest BCUT2D eigenvalue weighted by atomic mass is 31.2. The number of rotatable bonds is 3. The third-order valence-corrected chi connectivity index (χ3v) is 2.93. The van der Waals surface area contributed by atoms with Gasteiger partial charge in [-0.2, -0.15) is 0 Å². The molecule has 0 saturated heterocycles. The Morgan fingerprint density at radius 1 is 1.67 bits per heavy atom. The van der Waals surface area contributed by atoms with E-state index in [1.54, 1.807) is 0 Å². The minimum Gasteiger partial charge on any atom is -0.480 e. The van der Waals surface area contributed by atoms with Gasteiger partial charge in [-0.1, -0.05) is 0 Å². The molecule has 6 nitrogen and oxygen atoms in total. The fourth-order valence-corrected chi connectivity index (χ4v) is 2.15. The summed E-state index contributed by atoms with van der Waals surface area (Å²) in [5.41, 5.74) is 3.90. The second kappa shape index (κ2) is 2.53. The molecule has 12 heavy (non-hydrogen) atoms. The molecule has 2 atom stereocenters. The summed E-state index contributed by atoms with van der Waals surface area (Å²) in [7, 11) is -4.12. The molecule has 7 heteroatoms. The highest BCUT2D eigenvalue weighted by Crippen LogP contribution is 2.50. The zero-order chi connectivity index (χ0) is 9.57. The standard InChI is InChI=1S/C5H10NO5P/c6-5(4(7)8)1-3(5)2-12(9,10)11/h3H,1-2,6H2,(H,7,8)(H2,9,10,11)/t3-,5+/m1/s1. The summed E-state index contributed by atoms with van der Waals surface area (Å²) in [6.07, 6.45) is -0.288. The molecule has 0 aromatic heterocycles. The van der Waals surface area contributed by atoms with Crippen LogP contribution in [0, 0.1) is 5.92 Å². The highest BCUT2D eigenvalue weighted by Gasteiger charge is 2.59. The first-order valence-corrected chi connectivity index (χ1v) is 5.12. The molecule has 0 bridgehead atoms. The Kier molecular flexibility index (Phi) is 2.04. The van der Waals surface area contributed by atoms with Crippen LogP contribution in [0.15, 0.2) is 0 Å². The van der Waals surface area contributed by atoms with Gasteiger partial charge in [-0.3, -0.25) is 9.36 Å². The van der Waals surface area contributed by atoms with Crippen LogP contribution in [0.3, 0.4) is 0 Å². The second-order valence-electron chi connectivity index (χ2n) is 3.09. The van der Waals surface area contributed by atoms with E-state index in [0.29, 0.717) is 0 Å². The number of hydrogen-bond acceptors (Lipinski definition) is 3. The van der Waals surface area contributed by atoms with Crippen molar-refractivity contribution in [3.8, 4) is 0 Å². The molecule has 0 aromatic rings. The maximum atomic E-state index is 10.4. The molecule has 0 aliphatic heterocycles. The summed E-state index contributed by atoms with van der Waals surface area (Å²) in [5, 5.41) is 8.50. The van der Waals surface area contributed by atoms with E-state index in [1.807, 2.05) is 0 Å². The van der Waals surface area contributed by atoms with Gasteiger partial charge in [0.05, 0.1) is 6.16 Å². The van der Waals surface area contributed by atoms with Gasteiger partial charge in [-0.25, -0.2) is 0 Å². The van der Waals surface area contributed by atoms with Gasteiger partial charge >= 0.3 is 13.6 Å². The van der Waals surface area contributed by atoms with E-state index in [2.05, 4.69) is 0 Å². The number of carboxylic acid groups (broad SMARTS) is 1. The maximum Gasteiger partial charge on any atom is 0.325 e. The van der Waals surface area contributed by atoms with Crippen LogP contribution < -0.4 is 5.73 Å². The molecule has 0 aromatic carbocycles. The van der Waals surface area contributed by atoms with Crippen molar-refractivity contribution in [1.29, 1.82) is 0 Å². The lowest BCUT2D eigenvalue weighted by Gasteiger charge is -2.05. The van der Waals surface area contributed by atoms with Gasteiger partial charge in [0.15, 0.2) is 0 Å². The zero-order valence-electron chi connectivity index (χ0n) is 6.17. The van der Waals surface area contributed by atoms with E-state index >= 15 is 0 Å². The first kappa shape index (κ1) is 9.67. The fraction of sp³-hybridized carbons (Fsp3) is 0.800. The lowest BCUT2D eigenvalue weighted by atomic mass is 10.2. The lowest BCUT2D eigenvalue weighted by Crippen LogP contribution is -2.35. The third-order valence-electron chi connectivity index (χ3n) is 2.01. The second-order valence-corrected chi connectivity index (χ2v) is 4.79. The Hall–Kier alpha value is -0.420. The van der Waals surface area contributed by atoms with Crippen molar-refractivity contribution in [2.45, 2.75) is 12.0 Å². The first-order chi connectivity index (χ1) is 5.26. The van der Waals surface area contributed by atoms with E-state index in [9.17, 15) is 9.36 Å². The van der Waals surface area contributed by atoms with Gasteiger partial charge in [-0.15, -0.1) is 0 Å². The minimum absolute atomic E-state index is 0.146. The normalized spacial score (nSPS) is 34.8. The van der Waals surface area contributed by atoms with E-state index in [0.717, 1.165) is 0 Å². The molecule has 1 saturated carbocycles. The Morgan fingerprint density at radius 3 is 2.42 bits per heavy atom. The predicted octanol–water partition coefficient (Wildman–Crippen LogP) is -1.03. The van der Waals surface area contributed by atoms with Crippen molar-refractivity contribution in [1.82, 2.24) is 0 Å². The molecule has 0 amide bonds. The van der Waals surface area contributed by atoms with Crippen LogP contribution in [0.5, 0.6) is 0 Å². The Bertz CT molecular complexity index is 261. The van der Waals surface area contributed by atoms with Crippen molar-refractivity contribution in [2.75, 3.05) is 6.16 Å².